The van der Waals surface area contributed by atoms with Crippen LogP contribution in [-0.4, -0.2) is 21.1 Å². The van der Waals surface area contributed by atoms with E-state index in [1.165, 1.54) is 0 Å². The molecular weight excluding hydrogens is 216 g/mol. The molecule has 1 amide bonds. The fraction of sp³-hybridized carbons (Fsp3) is 0.250. The summed E-state index contributed by atoms with van der Waals surface area (Å²) < 4.78 is 0. The Labute approximate surface area is 99.3 Å². The standard InChI is InChI=1S/C12H14N4O/c1-2-10-8-14-16-12(10)15-11(17)6-9-4-3-5-13-7-9/h3-5,7-8H,2,6H2,1H3,(H2,14,15,16,17). The summed E-state index contributed by atoms with van der Waals surface area (Å²) in [6, 6.07) is 3.69. The van der Waals surface area contributed by atoms with Gasteiger partial charge in [0.2, 0.25) is 5.91 Å². The number of hydrogen-bond acceptors (Lipinski definition) is 3. The maximum Gasteiger partial charge on any atom is 0.229 e. The van der Waals surface area contributed by atoms with E-state index in [9.17, 15) is 4.79 Å². The number of carbonyl (C=O) groups excluding carboxylic acids is 1. The van der Waals surface area contributed by atoms with E-state index < -0.39 is 0 Å². The normalized spacial score (nSPS) is 10.2. The van der Waals surface area contributed by atoms with Crippen molar-refractivity contribution in [1.82, 2.24) is 15.2 Å². The highest BCUT2D eigenvalue weighted by Gasteiger charge is 2.08. The molecule has 2 aromatic heterocycles. The van der Waals surface area contributed by atoms with Crippen molar-refractivity contribution in [3.8, 4) is 0 Å². The predicted molar refractivity (Wildman–Crippen MR) is 64.5 cm³/mol. The van der Waals surface area contributed by atoms with Gasteiger partial charge < -0.3 is 5.32 Å². The van der Waals surface area contributed by atoms with Crippen molar-refractivity contribution >= 4 is 11.7 Å². The van der Waals surface area contributed by atoms with Crippen LogP contribution < -0.4 is 5.32 Å². The fourth-order valence-electron chi connectivity index (χ4n) is 1.56. The molecule has 88 valence electrons. The summed E-state index contributed by atoms with van der Waals surface area (Å²) in [5.41, 5.74) is 1.90. The first-order valence-corrected chi connectivity index (χ1v) is 5.50. The highest BCUT2D eigenvalue weighted by molar-refractivity contribution is 5.91. The second-order valence-electron chi connectivity index (χ2n) is 3.71. The summed E-state index contributed by atoms with van der Waals surface area (Å²) in [7, 11) is 0. The Morgan fingerprint density at radius 2 is 2.35 bits per heavy atom. The van der Waals surface area contributed by atoms with Crippen LogP contribution in [0.3, 0.4) is 0 Å². The Kier molecular flexibility index (Phi) is 3.49. The number of aromatic amines is 1. The second kappa shape index (κ2) is 5.25. The van der Waals surface area contributed by atoms with Gasteiger partial charge in [-0.05, 0) is 18.1 Å². The third-order valence-corrected chi connectivity index (χ3v) is 2.45. The first kappa shape index (κ1) is 11.3. The van der Waals surface area contributed by atoms with Crippen LogP contribution in [0.15, 0.2) is 30.7 Å². The molecule has 0 spiro atoms. The van der Waals surface area contributed by atoms with Gasteiger partial charge in [0.25, 0.3) is 0 Å². The van der Waals surface area contributed by atoms with E-state index in [0.717, 1.165) is 17.5 Å². The minimum Gasteiger partial charge on any atom is -0.311 e. The molecule has 2 N–H and O–H groups in total. The predicted octanol–water partition coefficient (Wildman–Crippen LogP) is 1.55. The average molecular weight is 230 g/mol. The smallest absolute Gasteiger partial charge is 0.229 e. The lowest BCUT2D eigenvalue weighted by Crippen LogP contribution is -2.15. The van der Waals surface area contributed by atoms with Gasteiger partial charge in [0.05, 0.1) is 12.6 Å². The molecule has 0 aliphatic carbocycles. The largest absolute Gasteiger partial charge is 0.311 e. The summed E-state index contributed by atoms with van der Waals surface area (Å²) in [5.74, 6) is 0.610. The molecule has 0 atom stereocenters. The van der Waals surface area contributed by atoms with Crippen molar-refractivity contribution < 1.29 is 4.79 Å². The van der Waals surface area contributed by atoms with Gasteiger partial charge in [0, 0.05) is 18.0 Å². The summed E-state index contributed by atoms with van der Waals surface area (Å²) in [5, 5.41) is 9.48. The molecule has 2 aromatic rings. The number of aromatic nitrogens is 3. The monoisotopic (exact) mass is 230 g/mol. The zero-order valence-corrected chi connectivity index (χ0v) is 9.60. The Hall–Kier alpha value is -2.17. The maximum atomic E-state index is 11.8. The molecular formula is C12H14N4O. The van der Waals surface area contributed by atoms with E-state index in [0.29, 0.717) is 12.2 Å². The Balaban J connectivity index is 1.98. The summed E-state index contributed by atoms with van der Waals surface area (Å²) in [4.78, 5) is 15.7. The molecule has 0 aromatic carbocycles. The van der Waals surface area contributed by atoms with Crippen molar-refractivity contribution in [3.63, 3.8) is 0 Å². The third-order valence-electron chi connectivity index (χ3n) is 2.45. The molecule has 0 saturated heterocycles. The number of carbonyl (C=O) groups is 1. The highest BCUT2D eigenvalue weighted by Crippen LogP contribution is 2.11. The number of nitrogens with one attached hydrogen (secondary N) is 2. The lowest BCUT2D eigenvalue weighted by molar-refractivity contribution is -0.115. The lowest BCUT2D eigenvalue weighted by Gasteiger charge is -2.04. The van der Waals surface area contributed by atoms with Crippen LogP contribution in [0, 0.1) is 0 Å². The molecule has 0 aliphatic heterocycles. The van der Waals surface area contributed by atoms with Gasteiger partial charge in [0.1, 0.15) is 5.82 Å². The minimum absolute atomic E-state index is 0.0723. The highest BCUT2D eigenvalue weighted by atomic mass is 16.1. The quantitative estimate of drug-likeness (QED) is 0.837. The van der Waals surface area contributed by atoms with Crippen LogP contribution in [0.5, 0.6) is 0 Å². The molecule has 2 heterocycles. The van der Waals surface area contributed by atoms with Crippen molar-refractivity contribution in [2.24, 2.45) is 0 Å². The van der Waals surface area contributed by atoms with E-state index >= 15 is 0 Å². The molecule has 2 rings (SSSR count). The number of H-pyrrole nitrogens is 1. The van der Waals surface area contributed by atoms with Gasteiger partial charge in [-0.15, -0.1) is 0 Å². The fourth-order valence-corrected chi connectivity index (χ4v) is 1.56. The van der Waals surface area contributed by atoms with Crippen LogP contribution in [0.4, 0.5) is 5.82 Å². The zero-order valence-electron chi connectivity index (χ0n) is 9.60. The molecule has 0 fully saturated rings. The van der Waals surface area contributed by atoms with Crippen molar-refractivity contribution in [1.29, 1.82) is 0 Å². The van der Waals surface area contributed by atoms with Gasteiger partial charge in [-0.2, -0.15) is 5.10 Å². The molecule has 17 heavy (non-hydrogen) atoms. The first-order chi connectivity index (χ1) is 8.29. The topological polar surface area (TPSA) is 70.7 Å². The summed E-state index contributed by atoms with van der Waals surface area (Å²) in [6.07, 6.45) is 6.24. The van der Waals surface area contributed by atoms with E-state index in [1.807, 2.05) is 19.1 Å². The molecule has 5 heteroatoms. The molecule has 0 aliphatic rings. The third kappa shape index (κ3) is 2.90. The van der Waals surface area contributed by atoms with Crippen LogP contribution in [0.25, 0.3) is 0 Å². The van der Waals surface area contributed by atoms with Crippen LogP contribution >= 0.6 is 0 Å². The number of hydrogen-bond donors (Lipinski definition) is 2. The lowest BCUT2D eigenvalue weighted by atomic mass is 10.2. The number of pyridine rings is 1. The maximum absolute atomic E-state index is 11.8. The molecule has 0 saturated carbocycles. The van der Waals surface area contributed by atoms with Crippen LogP contribution in [-0.2, 0) is 17.6 Å². The SMILES string of the molecule is CCc1cn[nH]c1NC(=O)Cc1cccnc1. The van der Waals surface area contributed by atoms with E-state index in [1.54, 1.807) is 18.6 Å². The van der Waals surface area contributed by atoms with E-state index in [-0.39, 0.29) is 5.91 Å². The van der Waals surface area contributed by atoms with Crippen molar-refractivity contribution in [2.75, 3.05) is 5.32 Å². The molecule has 5 nitrogen and oxygen atoms in total. The van der Waals surface area contributed by atoms with Gasteiger partial charge in [-0.1, -0.05) is 13.0 Å². The van der Waals surface area contributed by atoms with Gasteiger partial charge in [0.15, 0.2) is 0 Å². The first-order valence-electron chi connectivity index (χ1n) is 5.50. The van der Waals surface area contributed by atoms with Crippen LogP contribution in [0.1, 0.15) is 18.1 Å². The van der Waals surface area contributed by atoms with E-state index in [4.69, 9.17) is 0 Å². The Morgan fingerprint density at radius 3 is 3.06 bits per heavy atom. The number of aryl methyl sites for hydroxylation is 1. The Bertz CT molecular complexity index is 492. The summed E-state index contributed by atoms with van der Waals surface area (Å²) in [6.45, 7) is 2.02. The number of rotatable bonds is 4. The van der Waals surface area contributed by atoms with Crippen LogP contribution in [0.2, 0.25) is 0 Å². The molecule has 0 unspecified atom stereocenters. The molecule has 0 radical (unpaired) electrons. The minimum atomic E-state index is -0.0723. The zero-order chi connectivity index (χ0) is 12.1. The molecule has 0 bridgehead atoms. The van der Waals surface area contributed by atoms with Gasteiger partial charge in [-0.25, -0.2) is 0 Å². The van der Waals surface area contributed by atoms with Gasteiger partial charge in [-0.3, -0.25) is 14.9 Å². The van der Waals surface area contributed by atoms with Gasteiger partial charge >= 0.3 is 0 Å². The number of amides is 1. The Morgan fingerprint density at radius 1 is 1.47 bits per heavy atom. The van der Waals surface area contributed by atoms with Crippen molar-refractivity contribution in [3.05, 3.63) is 41.9 Å². The summed E-state index contributed by atoms with van der Waals surface area (Å²) >= 11 is 0. The second-order valence-corrected chi connectivity index (χ2v) is 3.71. The number of anilines is 1. The van der Waals surface area contributed by atoms with Crippen molar-refractivity contribution in [2.45, 2.75) is 19.8 Å². The van der Waals surface area contributed by atoms with E-state index in [2.05, 4.69) is 20.5 Å². The number of nitrogens with zero attached hydrogens (tertiary/aromatic N) is 2. The average Bonchev–Trinajstić information content (AvgIpc) is 2.77.